The van der Waals surface area contributed by atoms with Crippen molar-refractivity contribution in [2.45, 2.75) is 33.2 Å². The number of amidine groups is 1. The fourth-order valence-electron chi connectivity index (χ4n) is 4.05. The van der Waals surface area contributed by atoms with Crippen LogP contribution in [0.15, 0.2) is 23.2 Å². The van der Waals surface area contributed by atoms with Crippen LogP contribution in [0.5, 0.6) is 5.75 Å². The molecule has 2 aliphatic rings. The molecule has 0 aliphatic carbocycles. The first kappa shape index (κ1) is 21.5. The number of aryl methyl sites for hydroxylation is 2. The molecule has 1 fully saturated rings. The van der Waals surface area contributed by atoms with E-state index in [4.69, 9.17) is 14.5 Å². The summed E-state index contributed by atoms with van der Waals surface area (Å²) in [6.45, 7) is 8.51. The molecule has 4 rings (SSSR count). The molecule has 1 saturated heterocycles. The predicted octanol–water partition coefficient (Wildman–Crippen LogP) is 2.66. The zero-order chi connectivity index (χ0) is 21.8. The van der Waals surface area contributed by atoms with E-state index in [0.717, 1.165) is 60.2 Å². The van der Waals surface area contributed by atoms with Crippen molar-refractivity contribution in [2.75, 3.05) is 44.8 Å². The number of carbonyl (C=O) groups excluding carboxylic acids is 1. The molecule has 3 heterocycles. The quantitative estimate of drug-likeness (QED) is 0.655. The van der Waals surface area contributed by atoms with Crippen LogP contribution in [0.1, 0.15) is 47.6 Å². The van der Waals surface area contributed by atoms with Gasteiger partial charge in [0, 0.05) is 25.7 Å². The summed E-state index contributed by atoms with van der Waals surface area (Å²) in [6.07, 6.45) is 1.92. The zero-order valence-corrected chi connectivity index (χ0v) is 18.6. The second kappa shape index (κ2) is 9.62. The van der Waals surface area contributed by atoms with Crippen molar-refractivity contribution in [3.05, 3.63) is 40.7 Å². The number of rotatable bonds is 8. The van der Waals surface area contributed by atoms with Crippen LogP contribution >= 0.6 is 0 Å². The third-order valence-electron chi connectivity index (χ3n) is 5.68. The lowest BCUT2D eigenvalue weighted by Gasteiger charge is -2.26. The summed E-state index contributed by atoms with van der Waals surface area (Å²) in [5.74, 6) is 1.54. The van der Waals surface area contributed by atoms with Gasteiger partial charge >= 0.3 is 0 Å². The van der Waals surface area contributed by atoms with Gasteiger partial charge in [-0.25, -0.2) is 0 Å². The summed E-state index contributed by atoms with van der Waals surface area (Å²) in [6, 6.07) is 5.63. The van der Waals surface area contributed by atoms with Gasteiger partial charge in [0.1, 0.15) is 11.6 Å². The van der Waals surface area contributed by atoms with Crippen LogP contribution in [-0.2, 0) is 24.8 Å². The summed E-state index contributed by atoms with van der Waals surface area (Å²) in [7, 11) is 1.96. The van der Waals surface area contributed by atoms with E-state index in [9.17, 15) is 4.79 Å². The number of ether oxygens (including phenoxy) is 2. The summed E-state index contributed by atoms with van der Waals surface area (Å²) < 4.78 is 13.2. The topological polar surface area (TPSA) is 81.0 Å². The Bertz CT molecular complexity index is 976. The second-order valence-corrected chi connectivity index (χ2v) is 7.89. The summed E-state index contributed by atoms with van der Waals surface area (Å²) in [4.78, 5) is 19.9. The predicted molar refractivity (Wildman–Crippen MR) is 120 cm³/mol. The van der Waals surface area contributed by atoms with Gasteiger partial charge in [-0.05, 0) is 31.5 Å². The molecule has 2 aromatic rings. The van der Waals surface area contributed by atoms with Crippen molar-refractivity contribution >= 4 is 17.3 Å². The van der Waals surface area contributed by atoms with Gasteiger partial charge in [-0.15, -0.1) is 0 Å². The zero-order valence-electron chi connectivity index (χ0n) is 18.6. The molecule has 0 amide bonds. The highest BCUT2D eigenvalue weighted by Gasteiger charge is 2.24. The maximum absolute atomic E-state index is 13.0. The minimum absolute atomic E-state index is 0.0938. The fourth-order valence-corrected chi connectivity index (χ4v) is 4.05. The van der Waals surface area contributed by atoms with Crippen LogP contribution in [0.4, 0.5) is 5.69 Å². The molecule has 31 heavy (non-hydrogen) atoms. The molecule has 0 unspecified atom stereocenters. The molecule has 0 bridgehead atoms. The number of nitrogens with zero attached hydrogens (tertiary/aromatic N) is 4. The molecule has 8 heteroatoms. The van der Waals surface area contributed by atoms with Crippen LogP contribution in [0.3, 0.4) is 0 Å². The number of ketones is 1. The summed E-state index contributed by atoms with van der Waals surface area (Å²) in [5, 5.41) is 8.14. The van der Waals surface area contributed by atoms with E-state index in [1.54, 1.807) is 0 Å². The Morgan fingerprint density at radius 3 is 2.81 bits per heavy atom. The Morgan fingerprint density at radius 1 is 1.26 bits per heavy atom. The van der Waals surface area contributed by atoms with Crippen LogP contribution < -0.4 is 10.1 Å². The highest BCUT2D eigenvalue weighted by molar-refractivity contribution is 6.12. The number of anilines is 1. The van der Waals surface area contributed by atoms with Crippen molar-refractivity contribution in [1.82, 2.24) is 14.7 Å². The normalized spacial score (nSPS) is 16.4. The van der Waals surface area contributed by atoms with Gasteiger partial charge in [-0.2, -0.15) is 5.10 Å². The minimum atomic E-state index is 0.0938. The molecule has 0 radical (unpaired) electrons. The third-order valence-corrected chi connectivity index (χ3v) is 5.68. The Balaban J connectivity index is 1.61. The number of aliphatic imine (C=N–C) groups is 1. The first-order valence-corrected chi connectivity index (χ1v) is 11.1. The number of Topliss-reactive ketones (excluding diaryl/α,β-unsaturated/α-hetero) is 1. The Morgan fingerprint density at radius 2 is 2.06 bits per heavy atom. The maximum atomic E-state index is 13.0. The Hall–Kier alpha value is -2.71. The molecule has 2 aliphatic heterocycles. The van der Waals surface area contributed by atoms with E-state index >= 15 is 0 Å². The van der Waals surface area contributed by atoms with E-state index in [1.165, 1.54) is 0 Å². The Labute approximate surface area is 183 Å². The van der Waals surface area contributed by atoms with Gasteiger partial charge in [-0.1, -0.05) is 13.3 Å². The molecule has 1 aromatic carbocycles. The first-order chi connectivity index (χ1) is 15.1. The molecule has 0 spiro atoms. The van der Waals surface area contributed by atoms with Gasteiger partial charge in [0.25, 0.3) is 0 Å². The number of fused-ring (bicyclic) bond motifs is 1. The van der Waals surface area contributed by atoms with Crippen molar-refractivity contribution in [1.29, 1.82) is 0 Å². The monoisotopic (exact) mass is 425 g/mol. The van der Waals surface area contributed by atoms with Gasteiger partial charge in [0.15, 0.2) is 5.78 Å². The smallest absolute Gasteiger partial charge is 0.176 e. The van der Waals surface area contributed by atoms with Crippen LogP contribution in [0.2, 0.25) is 0 Å². The maximum Gasteiger partial charge on any atom is 0.176 e. The fraction of sp³-hybridized carbons (Fsp3) is 0.522. The summed E-state index contributed by atoms with van der Waals surface area (Å²) >= 11 is 0. The molecule has 166 valence electrons. The second-order valence-electron chi connectivity index (χ2n) is 7.89. The Kier molecular flexibility index (Phi) is 6.67. The molecule has 1 aromatic heterocycles. The number of nitrogens with one attached hydrogen (secondary N) is 1. The number of carbonyl (C=O) groups is 1. The standard InChI is InChI=1S/C23H31N5O3/c1-4-6-18-22-19(27(3)26-18)14-24-23(25-22)17-13-16(7-8-21(17)31-5-2)20(29)15-28-9-11-30-12-10-28/h7-8,13H,4-6,9-12,14-15H2,1-3H3,(H,24,25). The van der Waals surface area contributed by atoms with Gasteiger partial charge < -0.3 is 14.8 Å². The van der Waals surface area contributed by atoms with Gasteiger partial charge in [0.05, 0.1) is 55.5 Å². The number of benzene rings is 1. The average molecular weight is 426 g/mol. The van der Waals surface area contributed by atoms with E-state index in [0.29, 0.717) is 38.5 Å². The van der Waals surface area contributed by atoms with Crippen LogP contribution in [-0.4, -0.2) is 65.8 Å². The first-order valence-electron chi connectivity index (χ1n) is 11.1. The highest BCUT2D eigenvalue weighted by Crippen LogP contribution is 2.30. The van der Waals surface area contributed by atoms with E-state index in [1.807, 2.05) is 36.9 Å². The number of hydrogen-bond acceptors (Lipinski definition) is 7. The molecule has 1 N–H and O–H groups in total. The molecule has 8 nitrogen and oxygen atoms in total. The van der Waals surface area contributed by atoms with E-state index in [2.05, 4.69) is 22.2 Å². The number of aromatic nitrogens is 2. The van der Waals surface area contributed by atoms with Crippen molar-refractivity contribution in [3.63, 3.8) is 0 Å². The molecular weight excluding hydrogens is 394 g/mol. The lowest BCUT2D eigenvalue weighted by molar-refractivity contribution is 0.0371. The van der Waals surface area contributed by atoms with E-state index < -0.39 is 0 Å². The van der Waals surface area contributed by atoms with Crippen LogP contribution in [0.25, 0.3) is 0 Å². The largest absolute Gasteiger partial charge is 0.493 e. The summed E-state index contributed by atoms with van der Waals surface area (Å²) in [5.41, 5.74) is 4.63. The SMILES string of the molecule is CCCc1nn(C)c2c1NC(c1cc(C(=O)CN3CCOCC3)ccc1OCC)=NC2. The lowest BCUT2D eigenvalue weighted by Crippen LogP contribution is -2.39. The number of hydrogen-bond donors (Lipinski definition) is 1. The van der Waals surface area contributed by atoms with Crippen molar-refractivity contribution in [3.8, 4) is 5.75 Å². The van der Waals surface area contributed by atoms with E-state index in [-0.39, 0.29) is 5.78 Å². The minimum Gasteiger partial charge on any atom is -0.493 e. The van der Waals surface area contributed by atoms with Crippen LogP contribution in [0, 0.1) is 0 Å². The third kappa shape index (κ3) is 4.65. The molecular formula is C23H31N5O3. The average Bonchev–Trinajstić information content (AvgIpc) is 3.10. The number of morpholine rings is 1. The molecule has 0 atom stereocenters. The lowest BCUT2D eigenvalue weighted by atomic mass is 10.0. The van der Waals surface area contributed by atoms with Crippen molar-refractivity contribution in [2.24, 2.45) is 12.0 Å². The van der Waals surface area contributed by atoms with Gasteiger partial charge in [0.2, 0.25) is 0 Å². The molecule has 0 saturated carbocycles. The highest BCUT2D eigenvalue weighted by atomic mass is 16.5. The van der Waals surface area contributed by atoms with Crippen molar-refractivity contribution < 1.29 is 14.3 Å². The van der Waals surface area contributed by atoms with Gasteiger partial charge in [-0.3, -0.25) is 19.4 Å².